The van der Waals surface area contributed by atoms with E-state index in [-0.39, 0.29) is 18.9 Å². The van der Waals surface area contributed by atoms with Crippen molar-refractivity contribution < 1.29 is 18.9 Å². The number of hydrogen-bond donors (Lipinski definition) is 0. The van der Waals surface area contributed by atoms with E-state index in [4.69, 9.17) is 0 Å². The smallest absolute Gasteiger partial charge is 0.243 e. The number of allylic oxidation sites excluding steroid dienone is 2. The van der Waals surface area contributed by atoms with Crippen molar-refractivity contribution in [1.82, 2.24) is 0 Å². The predicted molar refractivity (Wildman–Crippen MR) is 18.1 cm³/mol. The second-order valence-corrected chi connectivity index (χ2v) is 0.900. The van der Waals surface area contributed by atoms with Gasteiger partial charge in [0.1, 0.15) is 0 Å². The molecule has 0 aromatic heterocycles. The van der Waals surface area contributed by atoms with Gasteiger partial charge in [0.2, 0.25) is 0 Å². The molecule has 0 nitrogen and oxygen atoms in total. The van der Waals surface area contributed by atoms with Crippen molar-refractivity contribution in [2.75, 3.05) is 0 Å². The standard InChI is InChI=1S/C4H5.Li/c1-2-4-3-1;/h1-3H,4H2;/q-1;+1. The maximum absolute atomic E-state index is 2.12. The maximum atomic E-state index is 2.12. The topological polar surface area (TPSA) is 0 Å². The zero-order valence-electron chi connectivity index (χ0n) is 3.44. The van der Waals surface area contributed by atoms with Gasteiger partial charge in [0.15, 0.2) is 0 Å². The summed E-state index contributed by atoms with van der Waals surface area (Å²) < 4.78 is 0. The monoisotopic (exact) mass is 60.1 g/mol. The van der Waals surface area contributed by atoms with E-state index in [0.717, 1.165) is 0 Å². The molecule has 5 heavy (non-hydrogen) atoms. The average Bonchev–Trinajstić information content (AvgIpc) is 0.722. The van der Waals surface area contributed by atoms with E-state index in [1.165, 1.54) is 6.42 Å². The van der Waals surface area contributed by atoms with Gasteiger partial charge < -0.3 is 0 Å². The molecule has 0 spiro atoms. The third kappa shape index (κ3) is 1.16. The maximum Gasteiger partial charge on any atom is 1.00 e. The predicted octanol–water partition coefficient (Wildman–Crippen LogP) is -1.85. The average molecular weight is 60.0 g/mol. The molecule has 0 N–H and O–H groups in total. The van der Waals surface area contributed by atoms with Crippen LogP contribution in [0.3, 0.4) is 0 Å². The molecule has 0 atom stereocenters. The molecule has 0 aliphatic heterocycles. The van der Waals surface area contributed by atoms with Crippen LogP contribution in [-0.4, -0.2) is 0 Å². The van der Waals surface area contributed by atoms with E-state index in [9.17, 15) is 0 Å². The van der Waals surface area contributed by atoms with Crippen LogP contribution < -0.4 is 18.9 Å². The van der Waals surface area contributed by atoms with Crippen LogP contribution >= 0.6 is 0 Å². The van der Waals surface area contributed by atoms with Gasteiger partial charge in [-0.05, 0) is 0 Å². The van der Waals surface area contributed by atoms with E-state index in [2.05, 4.69) is 18.6 Å². The molecular formula is C4H5Li. The Bertz CT molecular complexity index is 32.9. The largest absolute Gasteiger partial charge is 1.00 e. The Balaban J connectivity index is 0.000000160. The van der Waals surface area contributed by atoms with Gasteiger partial charge in [-0.15, -0.1) is 0 Å². The van der Waals surface area contributed by atoms with Gasteiger partial charge in [-0.3, -0.25) is 0 Å². The molecule has 0 heterocycles. The van der Waals surface area contributed by atoms with E-state index in [0.29, 0.717) is 0 Å². The van der Waals surface area contributed by atoms with Crippen molar-refractivity contribution >= 4 is 0 Å². The second kappa shape index (κ2) is 2.45. The minimum absolute atomic E-state index is 0. The normalized spacial score (nSPS) is 14.4. The Hall–Kier alpha value is 0.207. The summed E-state index contributed by atoms with van der Waals surface area (Å²) in [4.78, 5) is 0. The van der Waals surface area contributed by atoms with Crippen LogP contribution in [0.1, 0.15) is 6.42 Å². The van der Waals surface area contributed by atoms with Crippen LogP contribution in [0.2, 0.25) is 0 Å². The molecule has 22 valence electrons. The zero-order chi connectivity index (χ0) is 2.83. The molecule has 0 unspecified atom stereocenters. The molecule has 0 aromatic carbocycles. The van der Waals surface area contributed by atoms with Gasteiger partial charge in [0.25, 0.3) is 0 Å². The first-order chi connectivity index (χ1) is 2.00. The Morgan fingerprint density at radius 1 is 1.60 bits per heavy atom. The molecule has 1 heteroatoms. The van der Waals surface area contributed by atoms with Crippen LogP contribution in [0.15, 0.2) is 12.2 Å². The van der Waals surface area contributed by atoms with Crippen LogP contribution in [0.25, 0.3) is 0 Å². The summed E-state index contributed by atoms with van der Waals surface area (Å²) in [7, 11) is 0. The fraction of sp³-hybridized carbons (Fsp3) is 0.250. The van der Waals surface area contributed by atoms with Gasteiger partial charge >= 0.3 is 18.9 Å². The zero-order valence-corrected chi connectivity index (χ0v) is 3.44. The third-order valence-electron chi connectivity index (χ3n) is 0.544. The van der Waals surface area contributed by atoms with Crippen molar-refractivity contribution in [3.63, 3.8) is 0 Å². The molecule has 0 amide bonds. The Morgan fingerprint density at radius 2 is 1.80 bits per heavy atom. The van der Waals surface area contributed by atoms with Gasteiger partial charge in [0, 0.05) is 0 Å². The molecule has 0 aromatic rings. The van der Waals surface area contributed by atoms with E-state index in [1.807, 2.05) is 0 Å². The molecule has 0 bridgehead atoms. The van der Waals surface area contributed by atoms with E-state index < -0.39 is 0 Å². The third-order valence-corrected chi connectivity index (χ3v) is 0.544. The molecule has 0 saturated carbocycles. The van der Waals surface area contributed by atoms with E-state index in [1.54, 1.807) is 0 Å². The molecular weight excluding hydrogens is 55.0 g/mol. The first kappa shape index (κ1) is 5.21. The fourth-order valence-corrected chi connectivity index (χ4v) is 0.136. The second-order valence-electron chi connectivity index (χ2n) is 0.900. The number of rotatable bonds is 0. The SMILES string of the molecule is C1=CC[CH-]1.[Li+]. The van der Waals surface area contributed by atoms with Gasteiger partial charge in [-0.25, -0.2) is 18.6 Å². The van der Waals surface area contributed by atoms with Crippen molar-refractivity contribution in [2.24, 2.45) is 0 Å². The van der Waals surface area contributed by atoms with Gasteiger partial charge in [-0.2, -0.15) is 6.42 Å². The minimum Gasteiger partial charge on any atom is -0.243 e. The van der Waals surface area contributed by atoms with Crippen molar-refractivity contribution in [1.29, 1.82) is 0 Å². The molecule has 1 rings (SSSR count). The Morgan fingerprint density at radius 3 is 1.80 bits per heavy atom. The van der Waals surface area contributed by atoms with E-state index >= 15 is 0 Å². The first-order valence-corrected chi connectivity index (χ1v) is 1.48. The van der Waals surface area contributed by atoms with Crippen LogP contribution in [0.4, 0.5) is 0 Å². The van der Waals surface area contributed by atoms with Crippen LogP contribution in [0.5, 0.6) is 0 Å². The van der Waals surface area contributed by atoms with Gasteiger partial charge in [0.05, 0.1) is 0 Å². The minimum atomic E-state index is 0. The van der Waals surface area contributed by atoms with Crippen molar-refractivity contribution in [3.8, 4) is 0 Å². The summed E-state index contributed by atoms with van der Waals surface area (Å²) in [6.45, 7) is 0. The molecule has 0 fully saturated rings. The van der Waals surface area contributed by atoms with Crippen molar-refractivity contribution in [2.45, 2.75) is 6.42 Å². The quantitative estimate of drug-likeness (QED) is 0.227. The molecule has 0 radical (unpaired) electrons. The summed E-state index contributed by atoms with van der Waals surface area (Å²) in [5, 5.41) is 0. The molecule has 0 saturated heterocycles. The summed E-state index contributed by atoms with van der Waals surface area (Å²) in [5.74, 6) is 0. The number of hydrogen-bond acceptors (Lipinski definition) is 0. The Labute approximate surface area is 44.4 Å². The van der Waals surface area contributed by atoms with Crippen LogP contribution in [0, 0.1) is 6.42 Å². The Kier molecular flexibility index (Phi) is 2.55. The fourth-order valence-electron chi connectivity index (χ4n) is 0.136. The first-order valence-electron chi connectivity index (χ1n) is 1.48. The van der Waals surface area contributed by atoms with Crippen LogP contribution in [-0.2, 0) is 0 Å². The molecule has 1 aliphatic rings. The summed E-state index contributed by atoms with van der Waals surface area (Å²) in [5.41, 5.74) is 0. The summed E-state index contributed by atoms with van der Waals surface area (Å²) in [6, 6.07) is 0. The van der Waals surface area contributed by atoms with Gasteiger partial charge in [-0.1, -0.05) is 0 Å². The van der Waals surface area contributed by atoms with Crippen molar-refractivity contribution in [3.05, 3.63) is 18.6 Å². The summed E-state index contributed by atoms with van der Waals surface area (Å²) >= 11 is 0. The molecule has 1 aliphatic carbocycles. The summed E-state index contributed by atoms with van der Waals surface area (Å²) in [6.07, 6.45) is 7.50.